The number of phenolic OH excluding ortho intramolecular Hbond substituents is 1. The predicted octanol–water partition coefficient (Wildman–Crippen LogP) is 3.00. The van der Waals surface area contributed by atoms with E-state index in [1.165, 1.54) is 48.5 Å². The maximum Gasteiger partial charge on any atom is 0.431 e. The molecule has 0 aromatic heterocycles. The first-order chi connectivity index (χ1) is 11.7. The molecule has 0 spiro atoms. The minimum absolute atomic E-state index is 0.0588. The second kappa shape index (κ2) is 5.89. The molecule has 0 unspecified atom stereocenters. The first-order valence-electron chi connectivity index (χ1n) is 7.28. The monoisotopic (exact) mass is 350 g/mol. The summed E-state index contributed by atoms with van der Waals surface area (Å²) in [7, 11) is 0. The topological polar surface area (TPSA) is 73.1 Å². The molecule has 0 fully saturated rings. The lowest BCUT2D eigenvalue weighted by Crippen LogP contribution is -2.43. The summed E-state index contributed by atoms with van der Waals surface area (Å²) < 4.78 is 39.4. The molecule has 25 heavy (non-hydrogen) atoms. The molecular formula is C17H13F3N2O3. The fraction of sp³-hybridized carbons (Fsp3) is 0.176. The van der Waals surface area contributed by atoms with E-state index in [0.717, 1.165) is 0 Å². The molecule has 1 atom stereocenters. The van der Waals surface area contributed by atoms with Gasteiger partial charge in [-0.3, -0.25) is 4.79 Å². The Hall–Kier alpha value is -2.87. The van der Waals surface area contributed by atoms with E-state index in [2.05, 4.69) is 5.10 Å². The highest BCUT2D eigenvalue weighted by Gasteiger charge is 2.54. The third-order valence-electron chi connectivity index (χ3n) is 3.86. The number of hydrazone groups is 1. The standard InChI is InChI=1S/C17H13F3N2O3/c18-17(19,20)14-10-16(25,12-8-4-5-9-13(12)23)22(21-14)15(24)11-6-2-1-3-7-11/h1-9,23,25H,10H2/t16-/m1/s1. The van der Waals surface area contributed by atoms with Gasteiger partial charge in [-0.15, -0.1) is 0 Å². The van der Waals surface area contributed by atoms with Gasteiger partial charge >= 0.3 is 6.18 Å². The molecule has 2 aromatic carbocycles. The average Bonchev–Trinajstić information content (AvgIpc) is 2.94. The van der Waals surface area contributed by atoms with Crippen molar-refractivity contribution in [3.8, 4) is 5.75 Å². The van der Waals surface area contributed by atoms with E-state index in [1.54, 1.807) is 6.07 Å². The largest absolute Gasteiger partial charge is 0.507 e. The summed E-state index contributed by atoms with van der Waals surface area (Å²) >= 11 is 0. The Labute approximate surface area is 140 Å². The van der Waals surface area contributed by atoms with Gasteiger partial charge in [0.1, 0.15) is 11.5 Å². The Kier molecular flexibility index (Phi) is 4.00. The van der Waals surface area contributed by atoms with Gasteiger partial charge in [0.2, 0.25) is 0 Å². The molecule has 130 valence electrons. The number of aromatic hydroxyl groups is 1. The molecule has 2 N–H and O–H groups in total. The SMILES string of the molecule is O=C(c1ccccc1)N1N=C(C(F)(F)F)C[C@@]1(O)c1ccccc1O. The van der Waals surface area contributed by atoms with Gasteiger partial charge in [-0.2, -0.15) is 23.3 Å². The zero-order valence-electron chi connectivity index (χ0n) is 12.7. The Morgan fingerprint density at radius 1 is 1.08 bits per heavy atom. The molecule has 1 amide bonds. The van der Waals surface area contributed by atoms with Crippen LogP contribution in [0.2, 0.25) is 0 Å². The van der Waals surface area contributed by atoms with Gasteiger partial charge in [-0.1, -0.05) is 36.4 Å². The number of benzene rings is 2. The van der Waals surface area contributed by atoms with Crippen LogP contribution in [0.25, 0.3) is 0 Å². The smallest absolute Gasteiger partial charge is 0.431 e. The van der Waals surface area contributed by atoms with Gasteiger partial charge < -0.3 is 10.2 Å². The van der Waals surface area contributed by atoms with Crippen LogP contribution in [-0.2, 0) is 5.72 Å². The second-order valence-corrected chi connectivity index (χ2v) is 5.54. The lowest BCUT2D eigenvalue weighted by Gasteiger charge is -2.31. The summed E-state index contributed by atoms with van der Waals surface area (Å²) in [5.41, 5.74) is -3.92. The highest BCUT2D eigenvalue weighted by molar-refractivity contribution is 5.99. The molecule has 1 heterocycles. The maximum absolute atomic E-state index is 13.1. The van der Waals surface area contributed by atoms with Gasteiger partial charge in [0.15, 0.2) is 5.72 Å². The van der Waals surface area contributed by atoms with E-state index in [1.807, 2.05) is 0 Å². The molecule has 3 rings (SSSR count). The van der Waals surface area contributed by atoms with Crippen molar-refractivity contribution in [3.05, 3.63) is 65.7 Å². The fourth-order valence-corrected chi connectivity index (χ4v) is 2.64. The normalized spacial score (nSPS) is 20.5. The van der Waals surface area contributed by atoms with Crippen molar-refractivity contribution in [1.82, 2.24) is 5.01 Å². The van der Waals surface area contributed by atoms with Gasteiger partial charge in [-0.25, -0.2) is 0 Å². The lowest BCUT2D eigenvalue weighted by molar-refractivity contribution is -0.0826. The summed E-state index contributed by atoms with van der Waals surface area (Å²) in [5.74, 6) is -1.35. The summed E-state index contributed by atoms with van der Waals surface area (Å²) in [6.07, 6.45) is -5.79. The molecule has 2 aromatic rings. The van der Waals surface area contributed by atoms with Crippen LogP contribution < -0.4 is 0 Å². The number of hydrogen-bond donors (Lipinski definition) is 2. The molecule has 0 bridgehead atoms. The van der Waals surface area contributed by atoms with E-state index < -0.39 is 35.7 Å². The number of para-hydroxylation sites is 1. The molecule has 8 heteroatoms. The van der Waals surface area contributed by atoms with Crippen molar-refractivity contribution in [3.63, 3.8) is 0 Å². The predicted molar refractivity (Wildman–Crippen MR) is 82.7 cm³/mol. The molecule has 1 aliphatic rings. The average molecular weight is 350 g/mol. The summed E-state index contributed by atoms with van der Waals surface area (Å²) in [4.78, 5) is 12.6. The second-order valence-electron chi connectivity index (χ2n) is 5.54. The molecule has 0 saturated carbocycles. The van der Waals surface area contributed by atoms with Crippen molar-refractivity contribution >= 4 is 11.6 Å². The quantitative estimate of drug-likeness (QED) is 0.874. The number of carbonyl (C=O) groups excluding carboxylic acids is 1. The van der Waals surface area contributed by atoms with Crippen LogP contribution in [0.5, 0.6) is 5.75 Å². The Bertz CT molecular complexity index is 837. The zero-order chi connectivity index (χ0) is 18.2. The summed E-state index contributed by atoms with van der Waals surface area (Å²) in [6, 6.07) is 12.9. The third kappa shape index (κ3) is 2.96. The number of carbonyl (C=O) groups is 1. The van der Waals surface area contributed by atoms with E-state index in [9.17, 15) is 28.2 Å². The van der Waals surface area contributed by atoms with Crippen LogP contribution in [-0.4, -0.2) is 33.0 Å². The Balaban J connectivity index is 2.11. The highest BCUT2D eigenvalue weighted by atomic mass is 19.4. The van der Waals surface area contributed by atoms with E-state index >= 15 is 0 Å². The summed E-state index contributed by atoms with van der Waals surface area (Å²) in [5, 5.41) is 24.6. The van der Waals surface area contributed by atoms with Crippen molar-refractivity contribution in [1.29, 1.82) is 0 Å². The lowest BCUT2D eigenvalue weighted by atomic mass is 9.95. The first kappa shape index (κ1) is 17.0. The van der Waals surface area contributed by atoms with Crippen molar-refractivity contribution in [2.24, 2.45) is 5.10 Å². The third-order valence-corrected chi connectivity index (χ3v) is 3.86. The number of amides is 1. The van der Waals surface area contributed by atoms with Crippen LogP contribution in [0.15, 0.2) is 59.7 Å². The van der Waals surface area contributed by atoms with Crippen LogP contribution in [0, 0.1) is 0 Å². The van der Waals surface area contributed by atoms with E-state index in [-0.39, 0.29) is 11.1 Å². The number of rotatable bonds is 2. The van der Waals surface area contributed by atoms with Crippen molar-refractivity contribution in [2.45, 2.75) is 18.3 Å². The number of alkyl halides is 3. The first-order valence-corrected chi connectivity index (χ1v) is 7.28. The zero-order valence-corrected chi connectivity index (χ0v) is 12.7. The fourth-order valence-electron chi connectivity index (χ4n) is 2.64. The van der Waals surface area contributed by atoms with Gasteiger partial charge in [0, 0.05) is 11.1 Å². The molecule has 0 aliphatic carbocycles. The van der Waals surface area contributed by atoms with Gasteiger partial charge in [-0.05, 0) is 18.2 Å². The minimum atomic E-state index is -4.82. The molecule has 5 nitrogen and oxygen atoms in total. The number of phenols is 1. The van der Waals surface area contributed by atoms with E-state index in [4.69, 9.17) is 0 Å². The number of nitrogens with zero attached hydrogens (tertiary/aromatic N) is 2. The maximum atomic E-state index is 13.1. The number of hydrogen-bond acceptors (Lipinski definition) is 4. The van der Waals surface area contributed by atoms with Crippen LogP contribution in [0.4, 0.5) is 13.2 Å². The van der Waals surface area contributed by atoms with Crippen molar-refractivity contribution in [2.75, 3.05) is 0 Å². The van der Waals surface area contributed by atoms with Crippen LogP contribution in [0.1, 0.15) is 22.3 Å². The number of aliphatic hydroxyl groups is 1. The van der Waals surface area contributed by atoms with E-state index in [0.29, 0.717) is 5.01 Å². The molecule has 0 radical (unpaired) electrons. The molecule has 1 aliphatic heterocycles. The highest BCUT2D eigenvalue weighted by Crippen LogP contribution is 2.43. The Morgan fingerprint density at radius 2 is 1.68 bits per heavy atom. The van der Waals surface area contributed by atoms with Crippen molar-refractivity contribution < 1.29 is 28.2 Å². The van der Waals surface area contributed by atoms with Gasteiger partial charge in [0.05, 0.1) is 6.42 Å². The number of halogens is 3. The van der Waals surface area contributed by atoms with Crippen LogP contribution >= 0.6 is 0 Å². The van der Waals surface area contributed by atoms with Gasteiger partial charge in [0.25, 0.3) is 5.91 Å². The summed E-state index contributed by atoms with van der Waals surface area (Å²) in [6.45, 7) is 0. The Morgan fingerprint density at radius 3 is 2.28 bits per heavy atom. The molecule has 0 saturated heterocycles. The van der Waals surface area contributed by atoms with Crippen LogP contribution in [0.3, 0.4) is 0 Å². The molecular weight excluding hydrogens is 337 g/mol. The minimum Gasteiger partial charge on any atom is -0.507 e.